The van der Waals surface area contributed by atoms with Gasteiger partial charge in [-0.3, -0.25) is 0 Å². The molecule has 0 radical (unpaired) electrons. The zero-order valence-electron chi connectivity index (χ0n) is 10.5. The minimum atomic E-state index is 0.889. The molecule has 1 fully saturated rings. The number of nitrogens with zero attached hydrogens (tertiary/aromatic N) is 2. The van der Waals surface area contributed by atoms with E-state index < -0.39 is 0 Å². The quantitative estimate of drug-likeness (QED) is 0.752. The van der Waals surface area contributed by atoms with Crippen molar-refractivity contribution in [3.05, 3.63) is 23.8 Å². The fraction of sp³-hybridized carbons (Fsp3) is 0.571. The van der Waals surface area contributed by atoms with Gasteiger partial charge in [-0.1, -0.05) is 6.92 Å². The average molecular weight is 231 g/mol. The van der Waals surface area contributed by atoms with Crippen LogP contribution in [0.25, 0.3) is 0 Å². The smallest absolute Gasteiger partial charge is 0.0551 e. The summed E-state index contributed by atoms with van der Waals surface area (Å²) in [7, 11) is 0. The summed E-state index contributed by atoms with van der Waals surface area (Å²) in [4.78, 5) is 2.51. The maximum Gasteiger partial charge on any atom is 0.0551 e. The highest BCUT2D eigenvalue weighted by molar-refractivity contribution is 5.64. The third kappa shape index (κ3) is 2.00. The van der Waals surface area contributed by atoms with Crippen molar-refractivity contribution in [2.24, 2.45) is 11.8 Å². The Balaban J connectivity index is 1.80. The van der Waals surface area contributed by atoms with Crippen LogP contribution in [0.3, 0.4) is 0 Å². The van der Waals surface area contributed by atoms with Gasteiger partial charge in [-0.15, -0.1) is 0 Å². The van der Waals surface area contributed by atoms with Gasteiger partial charge in [0, 0.05) is 25.3 Å². The number of nitrogens with two attached hydrogens (primary N) is 1. The first kappa shape index (κ1) is 10.9. The molecule has 0 bridgehead atoms. The molecule has 3 nitrogen and oxygen atoms in total. The number of piperidine rings is 1. The van der Waals surface area contributed by atoms with Gasteiger partial charge in [-0.2, -0.15) is 0 Å². The first-order valence-electron chi connectivity index (χ1n) is 6.64. The van der Waals surface area contributed by atoms with Crippen LogP contribution in [-0.2, 0) is 6.42 Å². The molecule has 92 valence electrons. The Kier molecular flexibility index (Phi) is 2.71. The molecular weight excluding hydrogens is 210 g/mol. The van der Waals surface area contributed by atoms with Crippen molar-refractivity contribution in [3.8, 4) is 0 Å². The molecule has 0 saturated carbocycles. The summed E-state index contributed by atoms with van der Waals surface area (Å²) in [5.41, 5.74) is 3.99. The molecule has 3 heteroatoms. The van der Waals surface area contributed by atoms with Crippen LogP contribution in [0.1, 0.15) is 25.3 Å². The molecule has 1 saturated heterocycles. The summed E-state index contributed by atoms with van der Waals surface area (Å²) >= 11 is 0. The topological polar surface area (TPSA) is 32.5 Å². The maximum atomic E-state index is 5.91. The van der Waals surface area contributed by atoms with E-state index in [1.165, 1.54) is 42.9 Å². The maximum absolute atomic E-state index is 5.91. The third-order valence-electron chi connectivity index (χ3n) is 4.14. The van der Waals surface area contributed by atoms with Crippen LogP contribution in [-0.4, -0.2) is 19.6 Å². The van der Waals surface area contributed by atoms with E-state index in [2.05, 4.69) is 30.0 Å². The predicted octanol–water partition coefficient (Wildman–Crippen LogP) is 2.16. The standard InChI is InChI=1S/C14H21N3/c1-11-4-7-16(8-5-11)13-2-3-14-12(10-13)6-9-17(14)15/h2-3,10-11H,4-9,15H2,1H3. The van der Waals surface area contributed by atoms with Gasteiger partial charge in [0.25, 0.3) is 0 Å². The van der Waals surface area contributed by atoms with Crippen LogP contribution in [0.5, 0.6) is 0 Å². The van der Waals surface area contributed by atoms with Crippen LogP contribution in [0.4, 0.5) is 11.4 Å². The summed E-state index contributed by atoms with van der Waals surface area (Å²) in [6, 6.07) is 6.73. The Morgan fingerprint density at radius 1 is 1.18 bits per heavy atom. The van der Waals surface area contributed by atoms with Gasteiger partial charge in [0.15, 0.2) is 0 Å². The average Bonchev–Trinajstić information content (AvgIpc) is 2.72. The highest BCUT2D eigenvalue weighted by Crippen LogP contribution is 2.31. The number of hydrogen-bond donors (Lipinski definition) is 1. The molecule has 0 aliphatic carbocycles. The largest absolute Gasteiger partial charge is 0.372 e. The molecule has 0 amide bonds. The van der Waals surface area contributed by atoms with Gasteiger partial charge in [-0.05, 0) is 48.9 Å². The summed E-state index contributed by atoms with van der Waals surface area (Å²) in [6.45, 7) is 5.71. The van der Waals surface area contributed by atoms with Crippen molar-refractivity contribution >= 4 is 11.4 Å². The predicted molar refractivity (Wildman–Crippen MR) is 72.3 cm³/mol. The Hall–Kier alpha value is -1.22. The lowest BCUT2D eigenvalue weighted by Crippen LogP contribution is -2.32. The molecule has 3 rings (SSSR count). The monoisotopic (exact) mass is 231 g/mol. The SMILES string of the molecule is CC1CCN(c2ccc3c(c2)CCN3N)CC1. The fourth-order valence-corrected chi connectivity index (χ4v) is 2.88. The van der Waals surface area contributed by atoms with E-state index in [-0.39, 0.29) is 0 Å². The van der Waals surface area contributed by atoms with Gasteiger partial charge in [0.2, 0.25) is 0 Å². The molecule has 2 heterocycles. The van der Waals surface area contributed by atoms with Gasteiger partial charge in [0.1, 0.15) is 0 Å². The van der Waals surface area contributed by atoms with E-state index in [1.54, 1.807) is 0 Å². The molecule has 2 aliphatic heterocycles. The van der Waals surface area contributed by atoms with Crippen molar-refractivity contribution in [2.75, 3.05) is 29.5 Å². The number of rotatable bonds is 1. The molecule has 2 aliphatic rings. The second-order valence-electron chi connectivity index (χ2n) is 5.43. The third-order valence-corrected chi connectivity index (χ3v) is 4.14. The van der Waals surface area contributed by atoms with Crippen LogP contribution in [0, 0.1) is 5.92 Å². The number of benzene rings is 1. The zero-order chi connectivity index (χ0) is 11.8. The minimum Gasteiger partial charge on any atom is -0.372 e. The van der Waals surface area contributed by atoms with Crippen molar-refractivity contribution in [3.63, 3.8) is 0 Å². The first-order chi connectivity index (χ1) is 8.24. The zero-order valence-corrected chi connectivity index (χ0v) is 10.5. The van der Waals surface area contributed by atoms with Crippen molar-refractivity contribution in [1.29, 1.82) is 0 Å². The van der Waals surface area contributed by atoms with Gasteiger partial charge < -0.3 is 9.91 Å². The molecule has 17 heavy (non-hydrogen) atoms. The Morgan fingerprint density at radius 3 is 2.71 bits per heavy atom. The molecular formula is C14H21N3. The molecule has 1 aromatic rings. The minimum absolute atomic E-state index is 0.889. The summed E-state index contributed by atoms with van der Waals surface area (Å²) in [5.74, 6) is 6.80. The number of hydrazine groups is 1. The normalized spacial score (nSPS) is 20.8. The Morgan fingerprint density at radius 2 is 1.94 bits per heavy atom. The van der Waals surface area contributed by atoms with Gasteiger partial charge in [-0.25, -0.2) is 5.84 Å². The van der Waals surface area contributed by atoms with E-state index in [0.29, 0.717) is 0 Å². The summed E-state index contributed by atoms with van der Waals surface area (Å²) in [5, 5.41) is 1.86. The lowest BCUT2D eigenvalue weighted by molar-refractivity contribution is 0.438. The highest BCUT2D eigenvalue weighted by atomic mass is 15.4. The Bertz CT molecular complexity index is 408. The van der Waals surface area contributed by atoms with Crippen molar-refractivity contribution in [2.45, 2.75) is 26.2 Å². The summed E-state index contributed by atoms with van der Waals surface area (Å²) < 4.78 is 0. The summed E-state index contributed by atoms with van der Waals surface area (Å²) in [6.07, 6.45) is 3.73. The van der Waals surface area contributed by atoms with Crippen molar-refractivity contribution < 1.29 is 0 Å². The lowest BCUT2D eigenvalue weighted by Gasteiger charge is -2.32. The molecule has 0 aromatic heterocycles. The van der Waals surface area contributed by atoms with Crippen LogP contribution in [0.2, 0.25) is 0 Å². The van der Waals surface area contributed by atoms with E-state index in [1.807, 2.05) is 5.01 Å². The van der Waals surface area contributed by atoms with Crippen LogP contribution >= 0.6 is 0 Å². The molecule has 0 spiro atoms. The fourth-order valence-electron chi connectivity index (χ4n) is 2.88. The second-order valence-corrected chi connectivity index (χ2v) is 5.43. The molecule has 2 N–H and O–H groups in total. The molecule has 0 atom stereocenters. The number of hydrogen-bond acceptors (Lipinski definition) is 3. The molecule has 1 aromatic carbocycles. The van der Waals surface area contributed by atoms with E-state index in [0.717, 1.165) is 18.9 Å². The first-order valence-corrected chi connectivity index (χ1v) is 6.64. The van der Waals surface area contributed by atoms with E-state index >= 15 is 0 Å². The number of fused-ring (bicyclic) bond motifs is 1. The van der Waals surface area contributed by atoms with E-state index in [4.69, 9.17) is 5.84 Å². The van der Waals surface area contributed by atoms with Gasteiger partial charge >= 0.3 is 0 Å². The number of anilines is 2. The lowest BCUT2D eigenvalue weighted by atomic mass is 9.98. The highest BCUT2D eigenvalue weighted by Gasteiger charge is 2.20. The second kappa shape index (κ2) is 4.22. The molecule has 0 unspecified atom stereocenters. The van der Waals surface area contributed by atoms with Gasteiger partial charge in [0.05, 0.1) is 5.69 Å². The van der Waals surface area contributed by atoms with Crippen LogP contribution < -0.4 is 15.8 Å². The van der Waals surface area contributed by atoms with Crippen LogP contribution in [0.15, 0.2) is 18.2 Å². The van der Waals surface area contributed by atoms with Crippen molar-refractivity contribution in [1.82, 2.24) is 0 Å². The Labute approximate surface area is 103 Å². The van der Waals surface area contributed by atoms with E-state index in [9.17, 15) is 0 Å².